The molecule has 0 saturated carbocycles. The van der Waals surface area contributed by atoms with Crippen molar-refractivity contribution < 1.29 is 38.1 Å². The van der Waals surface area contributed by atoms with Crippen molar-refractivity contribution in [2.75, 3.05) is 24.9 Å². The molecule has 0 atom stereocenters. The van der Waals surface area contributed by atoms with Gasteiger partial charge in [-0.05, 0) is 42.8 Å². The lowest BCUT2D eigenvalue weighted by atomic mass is 10.1. The van der Waals surface area contributed by atoms with Crippen LogP contribution in [-0.4, -0.2) is 43.8 Å². The molecule has 170 valence electrons. The van der Waals surface area contributed by atoms with Gasteiger partial charge in [0.1, 0.15) is 5.57 Å². The second kappa shape index (κ2) is 8.91. The molecule has 11 heteroatoms. The molecule has 1 fully saturated rings. The topological polar surface area (TPSA) is 146 Å². The number of anilines is 1. The van der Waals surface area contributed by atoms with Gasteiger partial charge in [-0.2, -0.15) is 0 Å². The minimum atomic E-state index is -0.883. The number of fused-ring (bicyclic) bond motifs is 1. The van der Waals surface area contributed by atoms with Crippen LogP contribution >= 0.6 is 0 Å². The van der Waals surface area contributed by atoms with E-state index < -0.39 is 23.8 Å². The fraction of sp³-hybridized carbons (Fsp3) is 0.182. The van der Waals surface area contributed by atoms with E-state index in [2.05, 4.69) is 5.32 Å². The third kappa shape index (κ3) is 4.42. The van der Waals surface area contributed by atoms with Crippen LogP contribution < -0.4 is 34.9 Å². The Bertz CT molecular complexity index is 1190. The summed E-state index contributed by atoms with van der Waals surface area (Å²) in [5.74, 6) is -0.874. The molecule has 2 aliphatic heterocycles. The Morgan fingerprint density at radius 2 is 1.88 bits per heavy atom. The van der Waals surface area contributed by atoms with E-state index in [0.29, 0.717) is 29.4 Å². The number of barbiturate groups is 1. The zero-order chi connectivity index (χ0) is 23.5. The Labute approximate surface area is 187 Å². The number of hydrogen-bond donors (Lipinski definition) is 2. The summed E-state index contributed by atoms with van der Waals surface area (Å²) >= 11 is 0. The molecule has 0 aliphatic carbocycles. The second-order valence-electron chi connectivity index (χ2n) is 6.89. The minimum Gasteiger partial charge on any atom is -0.490 e. The van der Waals surface area contributed by atoms with E-state index in [1.54, 1.807) is 19.1 Å². The molecular formula is C22H19N3O8. The smallest absolute Gasteiger partial charge is 0.335 e. The molecule has 0 spiro atoms. The summed E-state index contributed by atoms with van der Waals surface area (Å²) in [5.41, 5.74) is 5.49. The zero-order valence-corrected chi connectivity index (χ0v) is 17.5. The number of imide groups is 2. The zero-order valence-electron chi connectivity index (χ0n) is 17.5. The largest absolute Gasteiger partial charge is 0.490 e. The molecule has 1 saturated heterocycles. The molecule has 33 heavy (non-hydrogen) atoms. The lowest BCUT2D eigenvalue weighted by Gasteiger charge is -2.26. The molecule has 2 heterocycles. The number of hydrogen-bond acceptors (Lipinski definition) is 8. The highest BCUT2D eigenvalue weighted by Gasteiger charge is 2.37. The van der Waals surface area contributed by atoms with Crippen molar-refractivity contribution in [1.82, 2.24) is 5.32 Å². The van der Waals surface area contributed by atoms with Crippen molar-refractivity contribution in [3.8, 4) is 23.0 Å². The van der Waals surface area contributed by atoms with Crippen molar-refractivity contribution >= 4 is 35.5 Å². The van der Waals surface area contributed by atoms with Gasteiger partial charge in [0.25, 0.3) is 17.7 Å². The highest BCUT2D eigenvalue weighted by atomic mass is 16.7. The van der Waals surface area contributed by atoms with E-state index in [-0.39, 0.29) is 30.4 Å². The second-order valence-corrected chi connectivity index (χ2v) is 6.89. The lowest BCUT2D eigenvalue weighted by Crippen LogP contribution is -2.54. The van der Waals surface area contributed by atoms with Crippen molar-refractivity contribution in [3.63, 3.8) is 0 Å². The summed E-state index contributed by atoms with van der Waals surface area (Å²) in [7, 11) is 0. The van der Waals surface area contributed by atoms with Gasteiger partial charge in [-0.15, -0.1) is 0 Å². The summed E-state index contributed by atoms with van der Waals surface area (Å²) in [6.45, 7) is 1.76. The van der Waals surface area contributed by atoms with E-state index >= 15 is 0 Å². The van der Waals surface area contributed by atoms with Crippen LogP contribution in [0, 0.1) is 0 Å². The minimum absolute atomic E-state index is 0.0316. The molecule has 5 amide bonds. The summed E-state index contributed by atoms with van der Waals surface area (Å²) in [6.07, 6.45) is 1.32. The van der Waals surface area contributed by atoms with Gasteiger partial charge >= 0.3 is 6.03 Å². The Hall–Kier alpha value is -4.54. The number of nitrogens with one attached hydrogen (secondary N) is 1. The first-order chi connectivity index (χ1) is 15.9. The van der Waals surface area contributed by atoms with Gasteiger partial charge in [0.05, 0.1) is 12.3 Å². The van der Waals surface area contributed by atoms with Crippen molar-refractivity contribution in [1.29, 1.82) is 0 Å². The highest BCUT2D eigenvalue weighted by molar-refractivity contribution is 6.39. The SMILES string of the molecule is CCOc1cc(/C=C2\C(=O)NC(=O)N(c3ccc4c(c3)OCO4)C2=O)ccc1OCC(N)=O. The Morgan fingerprint density at radius 1 is 1.09 bits per heavy atom. The number of amides is 5. The average molecular weight is 453 g/mol. The standard InChI is InChI=1S/C22H19N3O8/c1-2-30-17-8-12(3-5-15(17)31-10-19(23)26)7-14-20(27)24-22(29)25(21(14)28)13-4-6-16-18(9-13)33-11-32-16/h3-9H,2,10-11H2,1H3,(H2,23,26)(H,24,27,29)/b14-7+. The van der Waals surface area contributed by atoms with Gasteiger partial charge in [0, 0.05) is 6.07 Å². The Kier molecular flexibility index (Phi) is 5.85. The number of ether oxygens (including phenoxy) is 4. The third-order valence-corrected chi connectivity index (χ3v) is 4.66. The van der Waals surface area contributed by atoms with Gasteiger partial charge in [-0.25, -0.2) is 9.69 Å². The number of nitrogens with zero attached hydrogens (tertiary/aromatic N) is 1. The summed E-state index contributed by atoms with van der Waals surface area (Å²) in [5, 5.41) is 2.16. The van der Waals surface area contributed by atoms with Crippen LogP contribution in [-0.2, 0) is 14.4 Å². The highest BCUT2D eigenvalue weighted by Crippen LogP contribution is 2.36. The van der Waals surface area contributed by atoms with Crippen molar-refractivity contribution in [2.24, 2.45) is 5.73 Å². The van der Waals surface area contributed by atoms with Crippen LogP contribution in [0.4, 0.5) is 10.5 Å². The number of urea groups is 1. The summed E-state index contributed by atoms with van der Waals surface area (Å²) < 4.78 is 21.4. The Morgan fingerprint density at radius 3 is 2.64 bits per heavy atom. The van der Waals surface area contributed by atoms with Gasteiger partial charge < -0.3 is 24.7 Å². The maximum atomic E-state index is 13.1. The summed E-state index contributed by atoms with van der Waals surface area (Å²) in [6, 6.07) is 8.29. The number of primary amides is 1. The molecule has 2 aliphatic rings. The molecule has 2 aromatic rings. The lowest BCUT2D eigenvalue weighted by molar-refractivity contribution is -0.123. The first-order valence-electron chi connectivity index (χ1n) is 9.86. The fourth-order valence-electron chi connectivity index (χ4n) is 3.23. The maximum Gasteiger partial charge on any atom is 0.335 e. The van der Waals surface area contributed by atoms with Crippen LogP contribution in [0.1, 0.15) is 12.5 Å². The molecule has 2 aromatic carbocycles. The van der Waals surface area contributed by atoms with E-state index in [1.165, 1.54) is 30.3 Å². The van der Waals surface area contributed by atoms with Crippen LogP contribution in [0.2, 0.25) is 0 Å². The monoisotopic (exact) mass is 453 g/mol. The van der Waals surface area contributed by atoms with E-state index in [4.69, 9.17) is 24.7 Å². The molecule has 4 rings (SSSR count). The van der Waals surface area contributed by atoms with Gasteiger partial charge in [-0.1, -0.05) is 6.07 Å². The Balaban J connectivity index is 1.66. The quantitative estimate of drug-likeness (QED) is 0.472. The van der Waals surface area contributed by atoms with E-state index in [0.717, 1.165) is 4.90 Å². The average Bonchev–Trinajstić information content (AvgIpc) is 3.24. The van der Waals surface area contributed by atoms with Crippen molar-refractivity contribution in [3.05, 3.63) is 47.5 Å². The predicted octanol–water partition coefficient (Wildman–Crippen LogP) is 1.34. The van der Waals surface area contributed by atoms with Gasteiger partial charge in [0.2, 0.25) is 6.79 Å². The number of rotatable bonds is 7. The number of carbonyl (C=O) groups excluding carboxylic acids is 4. The molecule has 3 N–H and O–H groups in total. The molecule has 0 bridgehead atoms. The van der Waals surface area contributed by atoms with Gasteiger partial charge in [-0.3, -0.25) is 19.7 Å². The van der Waals surface area contributed by atoms with Crippen LogP contribution in [0.5, 0.6) is 23.0 Å². The molecule has 0 aromatic heterocycles. The molecule has 11 nitrogen and oxygen atoms in total. The normalized spacial score (nSPS) is 16.1. The van der Waals surface area contributed by atoms with Crippen LogP contribution in [0.15, 0.2) is 42.0 Å². The van der Waals surface area contributed by atoms with E-state index in [1.807, 2.05) is 0 Å². The third-order valence-electron chi connectivity index (χ3n) is 4.66. The number of carbonyl (C=O) groups is 4. The predicted molar refractivity (Wildman–Crippen MR) is 114 cm³/mol. The first kappa shape index (κ1) is 21.7. The maximum absolute atomic E-state index is 13.1. The number of nitrogens with two attached hydrogens (primary N) is 1. The van der Waals surface area contributed by atoms with Crippen LogP contribution in [0.25, 0.3) is 6.08 Å². The molecule has 0 radical (unpaired) electrons. The fourth-order valence-corrected chi connectivity index (χ4v) is 3.23. The van der Waals surface area contributed by atoms with Crippen molar-refractivity contribution in [2.45, 2.75) is 6.92 Å². The number of benzene rings is 2. The molecule has 0 unspecified atom stereocenters. The molecular weight excluding hydrogens is 434 g/mol. The summed E-state index contributed by atoms with van der Waals surface area (Å²) in [4.78, 5) is 49.8. The van der Waals surface area contributed by atoms with Gasteiger partial charge in [0.15, 0.2) is 29.6 Å². The van der Waals surface area contributed by atoms with Crippen LogP contribution in [0.3, 0.4) is 0 Å². The first-order valence-corrected chi connectivity index (χ1v) is 9.86. The van der Waals surface area contributed by atoms with E-state index in [9.17, 15) is 19.2 Å².